The van der Waals surface area contributed by atoms with Gasteiger partial charge in [0.1, 0.15) is 6.54 Å². The minimum atomic E-state index is -0.432. The molecule has 0 unspecified atom stereocenters. The number of ether oxygens (including phenoxy) is 1. The SMILES string of the molecule is CC(C)OC(=O)c1ccc(NC(=O)CN2C(=O)[C@@H]3[C@@H]4C=C[C@H]([C@H]5C[C@H]45)[C@H]3C2=O)cc1. The number of carbonyl (C=O) groups excluding carboxylic acids is 4. The van der Waals surface area contributed by atoms with Crippen LogP contribution in [0.5, 0.6) is 0 Å². The molecule has 6 rings (SSSR count). The molecule has 2 saturated carbocycles. The van der Waals surface area contributed by atoms with Crippen LogP contribution in [0.4, 0.5) is 5.69 Å². The summed E-state index contributed by atoms with van der Waals surface area (Å²) in [5.74, 6) is -0.516. The van der Waals surface area contributed by atoms with E-state index < -0.39 is 11.9 Å². The first kappa shape index (κ1) is 19.0. The van der Waals surface area contributed by atoms with E-state index >= 15 is 0 Å². The average Bonchev–Trinajstić information content (AvgIpc) is 3.49. The fourth-order valence-electron chi connectivity index (χ4n) is 5.49. The van der Waals surface area contributed by atoms with Crippen molar-refractivity contribution in [2.45, 2.75) is 26.4 Å². The van der Waals surface area contributed by atoms with Crippen LogP contribution in [-0.2, 0) is 19.1 Å². The third-order valence-corrected chi connectivity index (χ3v) is 6.80. The topological polar surface area (TPSA) is 92.8 Å². The van der Waals surface area contributed by atoms with Crippen molar-refractivity contribution in [3.05, 3.63) is 42.0 Å². The van der Waals surface area contributed by atoms with Crippen molar-refractivity contribution in [2.75, 3.05) is 11.9 Å². The molecule has 5 aliphatic rings. The Kier molecular flexibility index (Phi) is 4.31. The van der Waals surface area contributed by atoms with Gasteiger partial charge in [-0.25, -0.2) is 4.79 Å². The lowest BCUT2D eigenvalue weighted by Crippen LogP contribution is -2.40. The van der Waals surface area contributed by atoms with Crippen LogP contribution in [0, 0.1) is 35.5 Å². The lowest BCUT2D eigenvalue weighted by atomic mass is 9.63. The summed E-state index contributed by atoms with van der Waals surface area (Å²) in [4.78, 5) is 51.4. The predicted molar refractivity (Wildman–Crippen MR) is 107 cm³/mol. The number of imide groups is 1. The second-order valence-electron chi connectivity index (χ2n) is 9.00. The molecule has 7 nitrogen and oxygen atoms in total. The van der Waals surface area contributed by atoms with Crippen molar-refractivity contribution in [1.29, 1.82) is 0 Å². The number of amides is 3. The maximum atomic E-state index is 12.9. The Morgan fingerprint density at radius 3 is 2.13 bits per heavy atom. The van der Waals surface area contributed by atoms with Gasteiger partial charge < -0.3 is 10.1 Å². The number of carbonyl (C=O) groups is 4. The lowest BCUT2D eigenvalue weighted by molar-refractivity contribution is -0.142. The van der Waals surface area contributed by atoms with Crippen LogP contribution < -0.4 is 5.32 Å². The molecule has 1 aromatic carbocycles. The van der Waals surface area contributed by atoms with E-state index in [1.165, 1.54) is 0 Å². The third kappa shape index (κ3) is 2.95. The molecule has 0 spiro atoms. The number of hydrogen-bond donors (Lipinski definition) is 1. The molecule has 3 fully saturated rings. The molecule has 3 amide bonds. The Morgan fingerprint density at radius 2 is 1.60 bits per heavy atom. The molecule has 156 valence electrons. The van der Waals surface area contributed by atoms with Crippen LogP contribution in [0.25, 0.3) is 0 Å². The Morgan fingerprint density at radius 1 is 1.03 bits per heavy atom. The molecule has 2 bridgehead atoms. The highest BCUT2D eigenvalue weighted by Gasteiger charge is 2.67. The van der Waals surface area contributed by atoms with Gasteiger partial charge in [-0.15, -0.1) is 0 Å². The number of nitrogens with zero attached hydrogens (tertiary/aromatic N) is 1. The molecule has 0 radical (unpaired) electrons. The standard InChI is InChI=1S/C23H24N2O5/c1-11(2)30-23(29)12-3-5-13(6-4-12)24-18(26)10-25-21(27)19-14-7-8-15(17-9-16(14)17)20(19)22(25)28/h3-8,11,14-17,19-20H,9-10H2,1-2H3,(H,24,26)/t14-,15-,16-,17-,19-,20-/m1/s1. The molecular formula is C23H24N2O5. The lowest BCUT2D eigenvalue weighted by Gasteiger charge is -2.37. The summed E-state index contributed by atoms with van der Waals surface area (Å²) in [7, 11) is 0. The maximum absolute atomic E-state index is 12.9. The average molecular weight is 408 g/mol. The van der Waals surface area contributed by atoms with E-state index in [1.54, 1.807) is 38.1 Å². The second kappa shape index (κ2) is 6.79. The number of allylic oxidation sites excluding steroid dienone is 2. The van der Waals surface area contributed by atoms with Crippen molar-refractivity contribution in [3.63, 3.8) is 0 Å². The maximum Gasteiger partial charge on any atom is 0.338 e. The van der Waals surface area contributed by atoms with Gasteiger partial charge in [-0.05, 0) is 68.2 Å². The van der Waals surface area contributed by atoms with Gasteiger partial charge in [-0.2, -0.15) is 0 Å². The highest BCUT2D eigenvalue weighted by atomic mass is 16.5. The predicted octanol–water partition coefficient (Wildman–Crippen LogP) is 2.24. The van der Waals surface area contributed by atoms with E-state index in [4.69, 9.17) is 4.74 Å². The molecule has 30 heavy (non-hydrogen) atoms. The molecule has 1 N–H and O–H groups in total. The zero-order chi connectivity index (χ0) is 21.2. The largest absolute Gasteiger partial charge is 0.459 e. The summed E-state index contributed by atoms with van der Waals surface area (Å²) in [6, 6.07) is 6.33. The highest BCUT2D eigenvalue weighted by molar-refractivity contribution is 6.09. The summed E-state index contributed by atoms with van der Waals surface area (Å²) in [6.07, 6.45) is 5.12. The van der Waals surface area contributed by atoms with Crippen LogP contribution in [-0.4, -0.2) is 41.2 Å². The van der Waals surface area contributed by atoms with Gasteiger partial charge >= 0.3 is 5.97 Å². The van der Waals surface area contributed by atoms with Crippen molar-refractivity contribution < 1.29 is 23.9 Å². The molecule has 6 atom stereocenters. The fraction of sp³-hybridized carbons (Fsp3) is 0.478. The Balaban J connectivity index is 1.23. The van der Waals surface area contributed by atoms with Crippen LogP contribution in [0.2, 0.25) is 0 Å². The fourth-order valence-corrected chi connectivity index (χ4v) is 5.49. The molecule has 1 aliphatic heterocycles. The normalized spacial score (nSPS) is 32.8. The first-order valence-corrected chi connectivity index (χ1v) is 10.5. The Bertz CT molecular complexity index is 930. The van der Waals surface area contributed by atoms with Crippen molar-refractivity contribution in [2.24, 2.45) is 35.5 Å². The van der Waals surface area contributed by atoms with Gasteiger partial charge in [0.25, 0.3) is 0 Å². The minimum Gasteiger partial charge on any atom is -0.459 e. The Labute approximate surface area is 174 Å². The van der Waals surface area contributed by atoms with Gasteiger partial charge in [-0.3, -0.25) is 19.3 Å². The number of nitrogens with one attached hydrogen (secondary N) is 1. The monoisotopic (exact) mass is 408 g/mol. The van der Waals surface area contributed by atoms with E-state index in [2.05, 4.69) is 17.5 Å². The first-order valence-electron chi connectivity index (χ1n) is 10.5. The summed E-state index contributed by atoms with van der Waals surface area (Å²) < 4.78 is 5.14. The molecular weight excluding hydrogens is 384 g/mol. The Hall–Kier alpha value is -2.96. The quantitative estimate of drug-likeness (QED) is 0.458. The third-order valence-electron chi connectivity index (χ3n) is 6.80. The van der Waals surface area contributed by atoms with Crippen LogP contribution in [0.15, 0.2) is 36.4 Å². The van der Waals surface area contributed by atoms with Gasteiger partial charge in [0, 0.05) is 5.69 Å². The molecule has 1 saturated heterocycles. The number of anilines is 1. The van der Waals surface area contributed by atoms with Gasteiger partial charge in [0.2, 0.25) is 17.7 Å². The molecule has 4 aliphatic carbocycles. The van der Waals surface area contributed by atoms with Crippen LogP contribution in [0.1, 0.15) is 30.6 Å². The number of likely N-dealkylation sites (tertiary alicyclic amines) is 1. The van der Waals surface area contributed by atoms with Gasteiger partial charge in [-0.1, -0.05) is 12.2 Å². The number of hydrogen-bond acceptors (Lipinski definition) is 5. The second-order valence-corrected chi connectivity index (χ2v) is 9.00. The highest BCUT2D eigenvalue weighted by Crippen LogP contribution is 2.65. The smallest absolute Gasteiger partial charge is 0.338 e. The van der Waals surface area contributed by atoms with Gasteiger partial charge in [0.15, 0.2) is 0 Å². The van der Waals surface area contributed by atoms with Crippen molar-refractivity contribution in [3.8, 4) is 0 Å². The molecule has 0 aromatic heterocycles. The van der Waals surface area contributed by atoms with E-state index in [0.717, 1.165) is 11.3 Å². The zero-order valence-corrected chi connectivity index (χ0v) is 16.9. The summed E-state index contributed by atoms with van der Waals surface area (Å²) in [5.41, 5.74) is 0.873. The minimum absolute atomic E-state index is 0.146. The summed E-state index contributed by atoms with van der Waals surface area (Å²) >= 11 is 0. The summed E-state index contributed by atoms with van der Waals surface area (Å²) in [5, 5.41) is 2.70. The summed E-state index contributed by atoms with van der Waals surface area (Å²) in [6.45, 7) is 3.26. The van der Waals surface area contributed by atoms with Crippen LogP contribution in [0.3, 0.4) is 0 Å². The number of benzene rings is 1. The number of esters is 1. The number of rotatable bonds is 5. The van der Waals surface area contributed by atoms with E-state index in [9.17, 15) is 19.2 Å². The van der Waals surface area contributed by atoms with Crippen molar-refractivity contribution >= 4 is 29.4 Å². The first-order chi connectivity index (χ1) is 14.3. The van der Waals surface area contributed by atoms with Crippen molar-refractivity contribution in [1.82, 2.24) is 4.90 Å². The van der Waals surface area contributed by atoms with E-state index in [0.29, 0.717) is 23.1 Å². The van der Waals surface area contributed by atoms with E-state index in [1.807, 2.05) is 0 Å². The molecule has 7 heteroatoms. The van der Waals surface area contributed by atoms with Crippen LogP contribution >= 0.6 is 0 Å². The van der Waals surface area contributed by atoms with Gasteiger partial charge in [0.05, 0.1) is 23.5 Å². The molecule has 1 aromatic rings. The molecule has 1 heterocycles. The van der Waals surface area contributed by atoms with E-state index in [-0.39, 0.29) is 48.1 Å². The zero-order valence-electron chi connectivity index (χ0n) is 16.9.